The molecule has 1 N–H and O–H groups in total. The number of ether oxygens (including phenoxy) is 1. The molecule has 1 aliphatic carbocycles. The van der Waals surface area contributed by atoms with E-state index < -0.39 is 5.92 Å². The van der Waals surface area contributed by atoms with Crippen LogP contribution in [0.5, 0.6) is 0 Å². The summed E-state index contributed by atoms with van der Waals surface area (Å²) in [4.78, 5) is 30.3. The zero-order valence-corrected chi connectivity index (χ0v) is 17.3. The van der Waals surface area contributed by atoms with Gasteiger partial charge in [-0.3, -0.25) is 9.78 Å². The first kappa shape index (κ1) is 20.3. The van der Waals surface area contributed by atoms with Gasteiger partial charge in [-0.25, -0.2) is 4.79 Å². The Morgan fingerprint density at radius 2 is 2.11 bits per heavy atom. The lowest BCUT2D eigenvalue weighted by atomic mass is 9.69. The molecular weight excluding hydrogens is 352 g/mol. The third-order valence-corrected chi connectivity index (χ3v) is 5.46. The second-order valence-electron chi connectivity index (χ2n) is 8.56. The van der Waals surface area contributed by atoms with Gasteiger partial charge >= 0.3 is 5.97 Å². The van der Waals surface area contributed by atoms with Gasteiger partial charge < -0.3 is 10.1 Å². The molecule has 150 valence electrons. The standard InChI is InChI=1S/C23H30N2O3/c1-5-6-7-11-28-22(27)19-15(2)25-17-12-23(3,4)13-18(26)21(17)20(19)16-9-8-10-24-14-16/h8-10,14,20,25H,5-7,11-13H2,1-4H3/t20-/m0/s1. The Morgan fingerprint density at radius 1 is 1.32 bits per heavy atom. The number of Topliss-reactive ketones (excluding diaryl/α,β-unsaturated/α-hetero) is 1. The highest BCUT2D eigenvalue weighted by atomic mass is 16.5. The third-order valence-electron chi connectivity index (χ3n) is 5.46. The fraction of sp³-hybridized carbons (Fsp3) is 0.522. The normalized spacial score (nSPS) is 21.3. The minimum Gasteiger partial charge on any atom is -0.462 e. The zero-order valence-electron chi connectivity index (χ0n) is 17.3. The summed E-state index contributed by atoms with van der Waals surface area (Å²) < 4.78 is 5.57. The zero-order chi connectivity index (χ0) is 20.3. The number of pyridine rings is 1. The van der Waals surface area contributed by atoms with Crippen LogP contribution in [0.1, 0.15) is 71.3 Å². The fourth-order valence-electron chi connectivity index (χ4n) is 4.18. The number of aromatic nitrogens is 1. The Hall–Kier alpha value is -2.43. The quantitative estimate of drug-likeness (QED) is 0.583. The maximum Gasteiger partial charge on any atom is 0.336 e. The van der Waals surface area contributed by atoms with E-state index in [0.29, 0.717) is 24.2 Å². The molecule has 2 aliphatic rings. The molecule has 3 rings (SSSR count). The SMILES string of the molecule is CCCCCOC(=O)C1=C(C)NC2=C(C(=O)CC(C)(C)C2)[C@H]1c1cccnc1. The highest BCUT2D eigenvalue weighted by Gasteiger charge is 2.43. The number of dihydropyridines is 1. The van der Waals surface area contributed by atoms with Gasteiger partial charge in [-0.05, 0) is 36.8 Å². The van der Waals surface area contributed by atoms with Crippen LogP contribution in [0.4, 0.5) is 0 Å². The van der Waals surface area contributed by atoms with E-state index in [0.717, 1.165) is 42.6 Å². The molecule has 0 saturated carbocycles. The van der Waals surface area contributed by atoms with Crippen LogP contribution in [0.3, 0.4) is 0 Å². The van der Waals surface area contributed by atoms with Gasteiger partial charge in [-0.15, -0.1) is 0 Å². The van der Waals surface area contributed by atoms with E-state index >= 15 is 0 Å². The predicted molar refractivity (Wildman–Crippen MR) is 108 cm³/mol. The number of rotatable bonds is 6. The Labute approximate surface area is 167 Å². The number of carbonyl (C=O) groups excluding carboxylic acids is 2. The van der Waals surface area contributed by atoms with Crippen molar-refractivity contribution in [3.05, 3.63) is 52.6 Å². The average Bonchev–Trinajstić information content (AvgIpc) is 2.63. The molecule has 1 atom stereocenters. The molecule has 0 fully saturated rings. The molecule has 0 unspecified atom stereocenters. The lowest BCUT2D eigenvalue weighted by Crippen LogP contribution is -2.38. The fourth-order valence-corrected chi connectivity index (χ4v) is 4.18. The second-order valence-corrected chi connectivity index (χ2v) is 8.56. The van der Waals surface area contributed by atoms with Gasteiger partial charge in [0.25, 0.3) is 0 Å². The van der Waals surface area contributed by atoms with Gasteiger partial charge in [0, 0.05) is 41.7 Å². The first-order valence-electron chi connectivity index (χ1n) is 10.1. The summed E-state index contributed by atoms with van der Waals surface area (Å²) in [6.07, 6.45) is 7.64. The summed E-state index contributed by atoms with van der Waals surface area (Å²) in [5.41, 5.74) is 3.66. The van der Waals surface area contributed by atoms with Gasteiger partial charge in [0.1, 0.15) is 0 Å². The molecule has 0 saturated heterocycles. The van der Waals surface area contributed by atoms with Crippen molar-refractivity contribution in [2.75, 3.05) is 6.61 Å². The van der Waals surface area contributed by atoms with Gasteiger partial charge in [0.2, 0.25) is 0 Å². The minimum atomic E-state index is -0.424. The van der Waals surface area contributed by atoms with Crippen LogP contribution in [-0.4, -0.2) is 23.3 Å². The Bertz CT molecular complexity index is 822. The van der Waals surface area contributed by atoms with Gasteiger partial charge in [-0.1, -0.05) is 39.7 Å². The van der Waals surface area contributed by atoms with E-state index in [1.807, 2.05) is 19.1 Å². The topological polar surface area (TPSA) is 68.3 Å². The Kier molecular flexibility index (Phi) is 6.01. The summed E-state index contributed by atoms with van der Waals surface area (Å²) in [5, 5.41) is 3.35. The first-order chi connectivity index (χ1) is 13.3. The minimum absolute atomic E-state index is 0.0939. The van der Waals surface area contributed by atoms with Crippen LogP contribution >= 0.6 is 0 Å². The Morgan fingerprint density at radius 3 is 2.79 bits per heavy atom. The number of ketones is 1. The average molecular weight is 383 g/mol. The van der Waals surface area contributed by atoms with Crippen LogP contribution in [0, 0.1) is 5.41 Å². The molecule has 0 spiro atoms. The number of allylic oxidation sites excluding steroid dienone is 3. The summed E-state index contributed by atoms with van der Waals surface area (Å²) in [6, 6.07) is 3.77. The number of unbranched alkanes of at least 4 members (excludes halogenated alkanes) is 2. The highest BCUT2D eigenvalue weighted by Crippen LogP contribution is 2.46. The molecule has 0 bridgehead atoms. The number of carbonyl (C=O) groups is 2. The van der Waals surface area contributed by atoms with Crippen molar-refractivity contribution in [1.82, 2.24) is 10.3 Å². The third kappa shape index (κ3) is 4.18. The van der Waals surface area contributed by atoms with Crippen molar-refractivity contribution in [1.29, 1.82) is 0 Å². The van der Waals surface area contributed by atoms with Crippen molar-refractivity contribution < 1.29 is 14.3 Å². The molecule has 1 aromatic heterocycles. The van der Waals surface area contributed by atoms with Crippen LogP contribution in [0.25, 0.3) is 0 Å². The molecule has 0 aromatic carbocycles. The monoisotopic (exact) mass is 382 g/mol. The number of hydrogen-bond acceptors (Lipinski definition) is 5. The van der Waals surface area contributed by atoms with E-state index in [-0.39, 0.29) is 17.2 Å². The number of nitrogens with one attached hydrogen (secondary N) is 1. The van der Waals surface area contributed by atoms with E-state index in [4.69, 9.17) is 4.74 Å². The molecule has 0 amide bonds. The lowest BCUT2D eigenvalue weighted by Gasteiger charge is -2.39. The van der Waals surface area contributed by atoms with Gasteiger partial charge in [0.05, 0.1) is 12.2 Å². The van der Waals surface area contributed by atoms with Gasteiger partial charge in [-0.2, -0.15) is 0 Å². The summed E-state index contributed by atoms with van der Waals surface area (Å²) in [7, 11) is 0. The molecule has 28 heavy (non-hydrogen) atoms. The van der Waals surface area contributed by atoms with Crippen molar-refractivity contribution in [2.24, 2.45) is 5.41 Å². The van der Waals surface area contributed by atoms with Crippen molar-refractivity contribution in [3.8, 4) is 0 Å². The number of esters is 1. The van der Waals surface area contributed by atoms with E-state index in [1.54, 1.807) is 12.4 Å². The van der Waals surface area contributed by atoms with Crippen molar-refractivity contribution >= 4 is 11.8 Å². The summed E-state index contributed by atoms with van der Waals surface area (Å²) >= 11 is 0. The smallest absolute Gasteiger partial charge is 0.336 e. The van der Waals surface area contributed by atoms with Gasteiger partial charge in [0.15, 0.2) is 5.78 Å². The molecular formula is C23H30N2O3. The summed E-state index contributed by atoms with van der Waals surface area (Å²) in [6.45, 7) is 8.61. The molecule has 5 heteroatoms. The maximum absolute atomic E-state index is 13.1. The highest BCUT2D eigenvalue weighted by molar-refractivity contribution is 6.04. The number of nitrogens with zero attached hydrogens (tertiary/aromatic N) is 1. The largest absolute Gasteiger partial charge is 0.462 e. The van der Waals surface area contributed by atoms with Crippen molar-refractivity contribution in [3.63, 3.8) is 0 Å². The van der Waals surface area contributed by atoms with Crippen LogP contribution in [0.2, 0.25) is 0 Å². The summed E-state index contributed by atoms with van der Waals surface area (Å²) in [5.74, 6) is -0.678. The number of hydrogen-bond donors (Lipinski definition) is 1. The van der Waals surface area contributed by atoms with Crippen LogP contribution < -0.4 is 5.32 Å². The maximum atomic E-state index is 13.1. The first-order valence-corrected chi connectivity index (χ1v) is 10.1. The van der Waals surface area contributed by atoms with E-state index in [9.17, 15) is 9.59 Å². The Balaban J connectivity index is 1.99. The molecule has 1 aliphatic heterocycles. The van der Waals surface area contributed by atoms with E-state index in [2.05, 4.69) is 31.1 Å². The molecule has 2 heterocycles. The molecule has 1 aromatic rings. The lowest BCUT2D eigenvalue weighted by molar-refractivity contribution is -0.139. The van der Waals surface area contributed by atoms with E-state index in [1.165, 1.54) is 0 Å². The molecule has 5 nitrogen and oxygen atoms in total. The molecule has 0 radical (unpaired) electrons. The predicted octanol–water partition coefficient (Wildman–Crippen LogP) is 4.42. The van der Waals surface area contributed by atoms with Crippen LogP contribution in [0.15, 0.2) is 47.1 Å². The van der Waals surface area contributed by atoms with Crippen LogP contribution in [-0.2, 0) is 14.3 Å². The second kappa shape index (κ2) is 8.29. The van der Waals surface area contributed by atoms with Crippen molar-refractivity contribution in [2.45, 2.75) is 65.7 Å².